The molecule has 6 nitrogen and oxygen atoms in total. The Kier molecular flexibility index (Phi) is 6.37. The summed E-state index contributed by atoms with van der Waals surface area (Å²) in [6.45, 7) is -3.26. The highest BCUT2D eigenvalue weighted by atomic mass is 35.5. The van der Waals surface area contributed by atoms with E-state index >= 15 is 0 Å². The molecule has 0 spiro atoms. The fraction of sp³-hybridized carbons (Fsp3) is 0.222. The first kappa shape index (κ1) is 20.0. The highest BCUT2D eigenvalue weighted by Crippen LogP contribution is 2.35. The first-order chi connectivity index (χ1) is 13.5. The average Bonchev–Trinajstić information content (AvgIpc) is 2.67. The molecule has 0 aliphatic carbocycles. The molecule has 0 bridgehead atoms. The minimum atomic E-state index is -2.87. The summed E-state index contributed by atoms with van der Waals surface area (Å²) < 4.78 is 52.4. The SMILES string of the molecule is COc1cc2ncnc(Nc3ccc(F)c(Cl)c3)c2cc1OCCOC(F)F. The van der Waals surface area contributed by atoms with Crippen LogP contribution in [0.1, 0.15) is 0 Å². The fourth-order valence-electron chi connectivity index (χ4n) is 2.44. The molecule has 0 atom stereocenters. The highest BCUT2D eigenvalue weighted by Gasteiger charge is 2.13. The number of ether oxygens (including phenoxy) is 3. The molecule has 3 aromatic rings. The maximum atomic E-state index is 13.4. The predicted octanol–water partition coefficient (Wildman–Crippen LogP) is 4.79. The number of halogens is 4. The Morgan fingerprint density at radius 2 is 1.93 bits per heavy atom. The van der Waals surface area contributed by atoms with Gasteiger partial charge in [-0.15, -0.1) is 0 Å². The lowest BCUT2D eigenvalue weighted by atomic mass is 10.2. The molecule has 0 fully saturated rings. The maximum Gasteiger partial charge on any atom is 0.345 e. The first-order valence-corrected chi connectivity index (χ1v) is 8.43. The molecule has 28 heavy (non-hydrogen) atoms. The zero-order chi connectivity index (χ0) is 20.1. The quantitative estimate of drug-likeness (QED) is 0.535. The van der Waals surface area contributed by atoms with E-state index in [-0.39, 0.29) is 18.2 Å². The monoisotopic (exact) mass is 413 g/mol. The number of nitrogens with zero attached hydrogens (tertiary/aromatic N) is 2. The molecule has 10 heteroatoms. The third kappa shape index (κ3) is 4.73. The number of anilines is 2. The van der Waals surface area contributed by atoms with Crippen molar-refractivity contribution in [3.05, 3.63) is 47.5 Å². The normalized spacial score (nSPS) is 11.1. The second-order valence-electron chi connectivity index (χ2n) is 5.48. The molecular formula is C18H15ClF3N3O3. The number of hydrogen-bond acceptors (Lipinski definition) is 6. The van der Waals surface area contributed by atoms with Gasteiger partial charge >= 0.3 is 6.61 Å². The van der Waals surface area contributed by atoms with E-state index in [4.69, 9.17) is 21.1 Å². The third-order valence-corrected chi connectivity index (χ3v) is 3.98. The topological polar surface area (TPSA) is 65.5 Å². The summed E-state index contributed by atoms with van der Waals surface area (Å²) in [4.78, 5) is 8.38. The van der Waals surface area contributed by atoms with Crippen LogP contribution in [-0.2, 0) is 4.74 Å². The summed E-state index contributed by atoms with van der Waals surface area (Å²) >= 11 is 5.81. The second kappa shape index (κ2) is 8.94. The fourth-order valence-corrected chi connectivity index (χ4v) is 2.62. The maximum absolute atomic E-state index is 13.4. The van der Waals surface area contributed by atoms with Crippen LogP contribution in [0.3, 0.4) is 0 Å². The summed E-state index contributed by atoms with van der Waals surface area (Å²) in [5, 5.41) is 3.58. The number of alkyl halides is 2. The van der Waals surface area contributed by atoms with Gasteiger partial charge in [0.05, 0.1) is 24.3 Å². The van der Waals surface area contributed by atoms with Crippen LogP contribution in [0.5, 0.6) is 11.5 Å². The molecule has 0 unspecified atom stereocenters. The number of fused-ring (bicyclic) bond motifs is 1. The minimum absolute atomic E-state index is 0.0342. The summed E-state index contributed by atoms with van der Waals surface area (Å²) in [5.41, 5.74) is 1.08. The lowest BCUT2D eigenvalue weighted by Gasteiger charge is -2.14. The largest absolute Gasteiger partial charge is 0.493 e. The van der Waals surface area contributed by atoms with Gasteiger partial charge in [-0.05, 0) is 24.3 Å². The summed E-state index contributed by atoms with van der Waals surface area (Å²) in [6, 6.07) is 7.41. The van der Waals surface area contributed by atoms with Crippen molar-refractivity contribution in [3.8, 4) is 11.5 Å². The van der Waals surface area contributed by atoms with Gasteiger partial charge in [0, 0.05) is 17.1 Å². The molecule has 148 valence electrons. The van der Waals surface area contributed by atoms with Crippen molar-refractivity contribution < 1.29 is 27.4 Å². The number of rotatable bonds is 8. The molecule has 0 saturated carbocycles. The molecule has 0 amide bonds. The van der Waals surface area contributed by atoms with Crippen molar-refractivity contribution in [1.29, 1.82) is 0 Å². The van der Waals surface area contributed by atoms with Gasteiger partial charge in [-0.3, -0.25) is 0 Å². The molecule has 0 saturated heterocycles. The Balaban J connectivity index is 1.90. The van der Waals surface area contributed by atoms with Gasteiger partial charge in [-0.2, -0.15) is 8.78 Å². The zero-order valence-electron chi connectivity index (χ0n) is 14.6. The average molecular weight is 414 g/mol. The minimum Gasteiger partial charge on any atom is -0.493 e. The van der Waals surface area contributed by atoms with Gasteiger partial charge in [0.2, 0.25) is 0 Å². The zero-order valence-corrected chi connectivity index (χ0v) is 15.3. The van der Waals surface area contributed by atoms with Gasteiger partial charge in [0.25, 0.3) is 0 Å². The van der Waals surface area contributed by atoms with Crippen LogP contribution >= 0.6 is 11.6 Å². The smallest absolute Gasteiger partial charge is 0.345 e. The summed E-state index contributed by atoms with van der Waals surface area (Å²) in [6.07, 6.45) is 1.35. The van der Waals surface area contributed by atoms with Crippen molar-refractivity contribution in [2.24, 2.45) is 0 Å². The number of hydrogen-bond donors (Lipinski definition) is 1. The lowest BCUT2D eigenvalue weighted by Crippen LogP contribution is -2.10. The molecule has 3 rings (SSSR count). The van der Waals surface area contributed by atoms with E-state index in [2.05, 4.69) is 20.0 Å². The lowest BCUT2D eigenvalue weighted by molar-refractivity contribution is -0.133. The second-order valence-corrected chi connectivity index (χ2v) is 5.88. The van der Waals surface area contributed by atoms with Gasteiger partial charge in [0.1, 0.15) is 24.6 Å². The third-order valence-electron chi connectivity index (χ3n) is 3.69. The van der Waals surface area contributed by atoms with E-state index in [0.717, 1.165) is 0 Å². The van der Waals surface area contributed by atoms with Gasteiger partial charge < -0.3 is 19.5 Å². The molecule has 2 aromatic carbocycles. The standard InChI is InChI=1S/C18H15ClF3N3O3/c1-26-15-8-14-11(7-16(15)27-4-5-28-18(21)22)17(24-9-23-14)25-10-2-3-13(20)12(19)6-10/h2-3,6-9,18H,4-5H2,1H3,(H,23,24,25). The van der Waals surface area contributed by atoms with Crippen LogP contribution < -0.4 is 14.8 Å². The highest BCUT2D eigenvalue weighted by molar-refractivity contribution is 6.31. The molecule has 1 heterocycles. The van der Waals surface area contributed by atoms with Crippen LogP contribution in [0.25, 0.3) is 10.9 Å². The van der Waals surface area contributed by atoms with Gasteiger partial charge in [0.15, 0.2) is 11.5 Å². The number of benzene rings is 2. The Morgan fingerprint density at radius 1 is 1.11 bits per heavy atom. The Bertz CT molecular complexity index is 975. The van der Waals surface area contributed by atoms with Crippen LogP contribution in [0, 0.1) is 5.82 Å². The number of nitrogens with one attached hydrogen (secondary N) is 1. The van der Waals surface area contributed by atoms with Crippen molar-refractivity contribution in [1.82, 2.24) is 9.97 Å². The van der Waals surface area contributed by atoms with Crippen LogP contribution in [0.15, 0.2) is 36.7 Å². The van der Waals surface area contributed by atoms with Crippen molar-refractivity contribution in [2.75, 3.05) is 25.6 Å². The Hall–Kier alpha value is -2.78. The van der Waals surface area contributed by atoms with Crippen molar-refractivity contribution in [3.63, 3.8) is 0 Å². The summed E-state index contributed by atoms with van der Waals surface area (Å²) in [7, 11) is 1.45. The van der Waals surface area contributed by atoms with E-state index in [1.807, 2.05) is 0 Å². The number of aromatic nitrogens is 2. The Morgan fingerprint density at radius 3 is 2.64 bits per heavy atom. The van der Waals surface area contributed by atoms with Crippen molar-refractivity contribution in [2.45, 2.75) is 6.61 Å². The molecular weight excluding hydrogens is 399 g/mol. The number of methoxy groups -OCH3 is 1. The summed E-state index contributed by atoms with van der Waals surface area (Å²) in [5.74, 6) is 0.567. The Labute approximate surface area is 163 Å². The predicted molar refractivity (Wildman–Crippen MR) is 98.2 cm³/mol. The van der Waals surface area contributed by atoms with Gasteiger partial charge in [-0.1, -0.05) is 11.6 Å². The van der Waals surface area contributed by atoms with E-state index in [9.17, 15) is 13.2 Å². The molecule has 1 aromatic heterocycles. The van der Waals surface area contributed by atoms with Crippen LogP contribution in [-0.4, -0.2) is 36.9 Å². The van der Waals surface area contributed by atoms with Crippen LogP contribution in [0.4, 0.5) is 24.7 Å². The van der Waals surface area contributed by atoms with Crippen LogP contribution in [0.2, 0.25) is 5.02 Å². The van der Waals surface area contributed by atoms with Gasteiger partial charge in [-0.25, -0.2) is 14.4 Å². The van der Waals surface area contributed by atoms with Crippen molar-refractivity contribution >= 4 is 34.0 Å². The van der Waals surface area contributed by atoms with E-state index in [0.29, 0.717) is 33.9 Å². The van der Waals surface area contributed by atoms with E-state index in [1.165, 1.54) is 31.6 Å². The molecule has 0 aliphatic heterocycles. The molecule has 0 aliphatic rings. The van der Waals surface area contributed by atoms with E-state index < -0.39 is 12.4 Å². The first-order valence-electron chi connectivity index (χ1n) is 8.05. The molecule has 0 radical (unpaired) electrons. The molecule has 1 N–H and O–H groups in total. The van der Waals surface area contributed by atoms with E-state index in [1.54, 1.807) is 12.1 Å².